The van der Waals surface area contributed by atoms with E-state index in [4.69, 9.17) is 0 Å². The molecular weight excluding hydrogens is 278 g/mol. The lowest BCUT2D eigenvalue weighted by atomic mass is 10.3. The fourth-order valence-electron chi connectivity index (χ4n) is 2.39. The highest BCUT2D eigenvalue weighted by Gasteiger charge is 2.16. The molecule has 1 aliphatic rings. The van der Waals surface area contributed by atoms with E-state index in [1.807, 2.05) is 12.1 Å². The van der Waals surface area contributed by atoms with Gasteiger partial charge in [-0.1, -0.05) is 6.07 Å². The van der Waals surface area contributed by atoms with Crippen molar-refractivity contribution in [2.24, 2.45) is 0 Å². The average molecular weight is 297 g/mol. The predicted molar refractivity (Wildman–Crippen MR) is 86.1 cm³/mol. The van der Waals surface area contributed by atoms with E-state index in [-0.39, 0.29) is 5.91 Å². The molecule has 0 bridgehead atoms. The van der Waals surface area contributed by atoms with Crippen LogP contribution in [-0.4, -0.2) is 54.0 Å². The first-order valence-corrected chi connectivity index (χ1v) is 7.34. The zero-order chi connectivity index (χ0) is 15.4. The highest BCUT2D eigenvalue weighted by molar-refractivity contribution is 6.02. The Balaban J connectivity index is 1.72. The first-order chi connectivity index (χ1) is 10.7. The van der Waals surface area contributed by atoms with E-state index < -0.39 is 0 Å². The molecule has 1 amide bonds. The van der Waals surface area contributed by atoms with Crippen LogP contribution in [0, 0.1) is 0 Å². The Bertz CT molecular complexity index is 638. The zero-order valence-electron chi connectivity index (χ0n) is 12.6. The molecule has 2 aromatic heterocycles. The molecule has 114 valence electrons. The number of aromatic nitrogens is 2. The Morgan fingerprint density at radius 1 is 1.14 bits per heavy atom. The molecular formula is C16H19N5O. The van der Waals surface area contributed by atoms with Gasteiger partial charge in [-0.05, 0) is 31.3 Å². The molecule has 0 atom stereocenters. The first kappa shape index (κ1) is 14.5. The SMILES string of the molecule is CN1CCN(c2cccc(C(=O)Nc3cccnc3)n2)CC1. The summed E-state index contributed by atoms with van der Waals surface area (Å²) < 4.78 is 0. The maximum Gasteiger partial charge on any atom is 0.274 e. The van der Waals surface area contributed by atoms with E-state index in [0.29, 0.717) is 11.4 Å². The molecule has 22 heavy (non-hydrogen) atoms. The summed E-state index contributed by atoms with van der Waals surface area (Å²) in [5.74, 6) is 0.635. The minimum absolute atomic E-state index is 0.219. The second-order valence-corrected chi connectivity index (χ2v) is 5.37. The van der Waals surface area contributed by atoms with Crippen molar-refractivity contribution in [1.29, 1.82) is 0 Å². The van der Waals surface area contributed by atoms with Crippen LogP contribution in [0.25, 0.3) is 0 Å². The van der Waals surface area contributed by atoms with Crippen molar-refractivity contribution in [3.63, 3.8) is 0 Å². The number of anilines is 2. The summed E-state index contributed by atoms with van der Waals surface area (Å²) in [6, 6.07) is 9.13. The average Bonchev–Trinajstić information content (AvgIpc) is 2.56. The van der Waals surface area contributed by atoms with Gasteiger partial charge in [0.25, 0.3) is 5.91 Å². The number of nitrogens with one attached hydrogen (secondary N) is 1. The number of likely N-dealkylation sites (N-methyl/N-ethyl adjacent to an activating group) is 1. The van der Waals surface area contributed by atoms with Gasteiger partial charge >= 0.3 is 0 Å². The number of amides is 1. The van der Waals surface area contributed by atoms with E-state index in [9.17, 15) is 4.79 Å². The third-order valence-corrected chi connectivity index (χ3v) is 3.71. The fourth-order valence-corrected chi connectivity index (χ4v) is 2.39. The van der Waals surface area contributed by atoms with Crippen LogP contribution < -0.4 is 10.2 Å². The van der Waals surface area contributed by atoms with E-state index in [0.717, 1.165) is 32.0 Å². The number of piperazine rings is 1. The quantitative estimate of drug-likeness (QED) is 0.930. The number of pyridine rings is 2. The molecule has 0 unspecified atom stereocenters. The Kier molecular flexibility index (Phi) is 4.29. The van der Waals surface area contributed by atoms with Gasteiger partial charge in [-0.15, -0.1) is 0 Å². The molecule has 3 rings (SSSR count). The van der Waals surface area contributed by atoms with Crippen LogP contribution >= 0.6 is 0 Å². The topological polar surface area (TPSA) is 61.4 Å². The molecule has 1 aliphatic heterocycles. The molecule has 1 saturated heterocycles. The number of carbonyl (C=O) groups is 1. The summed E-state index contributed by atoms with van der Waals surface area (Å²) in [7, 11) is 2.11. The van der Waals surface area contributed by atoms with Crippen LogP contribution in [-0.2, 0) is 0 Å². The molecule has 3 heterocycles. The van der Waals surface area contributed by atoms with E-state index in [1.54, 1.807) is 30.6 Å². The van der Waals surface area contributed by atoms with Crippen LogP contribution in [0.15, 0.2) is 42.7 Å². The summed E-state index contributed by atoms with van der Waals surface area (Å²) in [5.41, 5.74) is 1.08. The highest BCUT2D eigenvalue weighted by Crippen LogP contribution is 2.14. The van der Waals surface area contributed by atoms with Crippen molar-refractivity contribution in [1.82, 2.24) is 14.9 Å². The lowest BCUT2D eigenvalue weighted by molar-refractivity contribution is 0.102. The van der Waals surface area contributed by atoms with E-state index in [2.05, 4.69) is 32.1 Å². The molecule has 0 aliphatic carbocycles. The lowest BCUT2D eigenvalue weighted by Gasteiger charge is -2.33. The van der Waals surface area contributed by atoms with Crippen molar-refractivity contribution in [2.45, 2.75) is 0 Å². The van der Waals surface area contributed by atoms with Gasteiger partial charge in [0, 0.05) is 32.4 Å². The van der Waals surface area contributed by atoms with E-state index in [1.165, 1.54) is 0 Å². The molecule has 0 radical (unpaired) electrons. The monoisotopic (exact) mass is 297 g/mol. The normalized spacial score (nSPS) is 15.6. The summed E-state index contributed by atoms with van der Waals surface area (Å²) in [6.45, 7) is 3.87. The van der Waals surface area contributed by atoms with Crippen molar-refractivity contribution >= 4 is 17.4 Å². The van der Waals surface area contributed by atoms with Crippen molar-refractivity contribution < 1.29 is 4.79 Å². The predicted octanol–water partition coefficient (Wildman–Crippen LogP) is 1.48. The third-order valence-electron chi connectivity index (χ3n) is 3.71. The van der Waals surface area contributed by atoms with Gasteiger partial charge in [-0.25, -0.2) is 4.98 Å². The molecule has 1 N–H and O–H groups in total. The summed E-state index contributed by atoms with van der Waals surface area (Å²) >= 11 is 0. The Hall–Kier alpha value is -2.47. The van der Waals surface area contributed by atoms with Crippen LogP contribution in [0.2, 0.25) is 0 Å². The molecule has 1 fully saturated rings. The number of hydrogen-bond acceptors (Lipinski definition) is 5. The molecule has 0 saturated carbocycles. The Morgan fingerprint density at radius 3 is 2.68 bits per heavy atom. The highest BCUT2D eigenvalue weighted by atomic mass is 16.1. The summed E-state index contributed by atoms with van der Waals surface area (Å²) in [5, 5.41) is 2.80. The first-order valence-electron chi connectivity index (χ1n) is 7.34. The Morgan fingerprint density at radius 2 is 1.95 bits per heavy atom. The smallest absolute Gasteiger partial charge is 0.274 e. The number of nitrogens with zero attached hydrogens (tertiary/aromatic N) is 4. The minimum atomic E-state index is -0.219. The molecule has 2 aromatic rings. The van der Waals surface area contributed by atoms with Gasteiger partial charge in [0.1, 0.15) is 11.5 Å². The Labute approximate surface area is 129 Å². The molecule has 6 nitrogen and oxygen atoms in total. The zero-order valence-corrected chi connectivity index (χ0v) is 12.6. The number of hydrogen-bond donors (Lipinski definition) is 1. The second-order valence-electron chi connectivity index (χ2n) is 5.37. The fraction of sp³-hybridized carbons (Fsp3) is 0.312. The molecule has 6 heteroatoms. The van der Waals surface area contributed by atoms with Crippen molar-refractivity contribution in [2.75, 3.05) is 43.4 Å². The van der Waals surface area contributed by atoms with Crippen LogP contribution in [0.1, 0.15) is 10.5 Å². The summed E-state index contributed by atoms with van der Waals surface area (Å²) in [6.07, 6.45) is 3.28. The van der Waals surface area contributed by atoms with Gasteiger partial charge in [-0.3, -0.25) is 9.78 Å². The number of rotatable bonds is 3. The largest absolute Gasteiger partial charge is 0.354 e. The lowest BCUT2D eigenvalue weighted by Crippen LogP contribution is -2.44. The van der Waals surface area contributed by atoms with Gasteiger partial charge in [0.15, 0.2) is 0 Å². The van der Waals surface area contributed by atoms with Gasteiger partial charge in [0.2, 0.25) is 0 Å². The minimum Gasteiger partial charge on any atom is -0.354 e. The second kappa shape index (κ2) is 6.53. The standard InChI is InChI=1S/C16H19N5O/c1-20-8-10-21(11-9-20)15-6-2-5-14(19-15)16(22)18-13-4-3-7-17-12-13/h2-7,12H,8-11H2,1H3,(H,18,22). The van der Waals surface area contributed by atoms with Gasteiger partial charge in [-0.2, -0.15) is 0 Å². The van der Waals surface area contributed by atoms with Crippen LogP contribution in [0.5, 0.6) is 0 Å². The van der Waals surface area contributed by atoms with Gasteiger partial charge < -0.3 is 15.1 Å². The van der Waals surface area contributed by atoms with Crippen LogP contribution in [0.3, 0.4) is 0 Å². The van der Waals surface area contributed by atoms with Crippen molar-refractivity contribution in [3.8, 4) is 0 Å². The van der Waals surface area contributed by atoms with E-state index >= 15 is 0 Å². The third kappa shape index (κ3) is 3.40. The van der Waals surface area contributed by atoms with Crippen molar-refractivity contribution in [3.05, 3.63) is 48.4 Å². The number of carbonyl (C=O) groups excluding carboxylic acids is 1. The maximum atomic E-state index is 12.3. The summed E-state index contributed by atoms with van der Waals surface area (Å²) in [4.78, 5) is 25.2. The maximum absolute atomic E-state index is 12.3. The van der Waals surface area contributed by atoms with Gasteiger partial charge in [0.05, 0.1) is 11.9 Å². The molecule has 0 spiro atoms. The van der Waals surface area contributed by atoms with Crippen LogP contribution in [0.4, 0.5) is 11.5 Å². The molecule has 0 aromatic carbocycles.